The van der Waals surface area contributed by atoms with Crippen LogP contribution >= 0.6 is 11.6 Å². The van der Waals surface area contributed by atoms with Crippen LogP contribution in [-0.2, 0) is 0 Å². The Labute approximate surface area is 169 Å². The van der Waals surface area contributed by atoms with Crippen molar-refractivity contribution in [3.8, 4) is 16.8 Å². The molecular weight excluding hydrogens is 388 g/mol. The first kappa shape index (κ1) is 17.4. The largest absolute Gasteiger partial charge is 0.397 e. The van der Waals surface area contributed by atoms with E-state index in [9.17, 15) is 4.79 Å². The van der Waals surface area contributed by atoms with E-state index in [4.69, 9.17) is 17.3 Å². The van der Waals surface area contributed by atoms with Crippen LogP contribution in [0.2, 0.25) is 5.02 Å². The summed E-state index contributed by atoms with van der Waals surface area (Å²) in [7, 11) is 0. The Morgan fingerprint density at radius 2 is 1.86 bits per heavy atom. The second-order valence-electron chi connectivity index (χ2n) is 6.77. The SMILES string of the molecule is Cc1ccc2c(N)c(-c3ccc4nn[nH]c4c3)c(=O)n(-c3ccc(Cl)cc3)c2n1. The number of hydrogen-bond donors (Lipinski definition) is 2. The summed E-state index contributed by atoms with van der Waals surface area (Å²) in [5.74, 6) is 0. The summed E-state index contributed by atoms with van der Waals surface area (Å²) in [6.45, 7) is 1.87. The van der Waals surface area contributed by atoms with Gasteiger partial charge in [0.2, 0.25) is 0 Å². The molecule has 29 heavy (non-hydrogen) atoms. The first-order chi connectivity index (χ1) is 14.0. The number of aromatic amines is 1. The maximum atomic E-state index is 13.6. The monoisotopic (exact) mass is 402 g/mol. The molecule has 0 atom stereocenters. The second-order valence-corrected chi connectivity index (χ2v) is 7.21. The van der Waals surface area contributed by atoms with E-state index in [1.165, 1.54) is 0 Å². The normalized spacial score (nSPS) is 11.4. The van der Waals surface area contributed by atoms with Crippen LogP contribution < -0.4 is 11.3 Å². The predicted octanol–water partition coefficient (Wildman–Crippen LogP) is 3.87. The van der Waals surface area contributed by atoms with E-state index >= 15 is 0 Å². The molecule has 5 rings (SSSR count). The van der Waals surface area contributed by atoms with Gasteiger partial charge in [0.15, 0.2) is 0 Å². The molecular formula is C21H15ClN6O. The molecule has 8 heteroatoms. The number of H-pyrrole nitrogens is 1. The smallest absolute Gasteiger partial charge is 0.266 e. The highest BCUT2D eigenvalue weighted by molar-refractivity contribution is 6.30. The number of benzene rings is 2. The van der Waals surface area contributed by atoms with Crippen molar-refractivity contribution in [1.82, 2.24) is 25.0 Å². The van der Waals surface area contributed by atoms with Crippen LogP contribution in [-0.4, -0.2) is 25.0 Å². The van der Waals surface area contributed by atoms with Crippen LogP contribution in [0, 0.1) is 6.92 Å². The van der Waals surface area contributed by atoms with E-state index < -0.39 is 0 Å². The topological polar surface area (TPSA) is 102 Å². The Hall–Kier alpha value is -3.71. The molecule has 0 aliphatic rings. The molecule has 0 amide bonds. The predicted molar refractivity (Wildman–Crippen MR) is 114 cm³/mol. The summed E-state index contributed by atoms with van der Waals surface area (Å²) in [4.78, 5) is 18.2. The van der Waals surface area contributed by atoms with Gasteiger partial charge in [-0.3, -0.25) is 14.5 Å². The number of nitrogens with zero attached hydrogens (tertiary/aromatic N) is 4. The Morgan fingerprint density at radius 1 is 1.07 bits per heavy atom. The maximum absolute atomic E-state index is 13.6. The quantitative estimate of drug-likeness (QED) is 0.466. The van der Waals surface area contributed by atoms with E-state index in [2.05, 4.69) is 20.4 Å². The van der Waals surface area contributed by atoms with Crippen molar-refractivity contribution in [3.63, 3.8) is 0 Å². The van der Waals surface area contributed by atoms with Gasteiger partial charge in [0.1, 0.15) is 11.2 Å². The summed E-state index contributed by atoms with van der Waals surface area (Å²) in [6, 6.07) is 16.3. The van der Waals surface area contributed by atoms with Gasteiger partial charge >= 0.3 is 0 Å². The zero-order valence-electron chi connectivity index (χ0n) is 15.3. The fourth-order valence-corrected chi connectivity index (χ4v) is 3.62. The Balaban J connectivity index is 1.91. The van der Waals surface area contributed by atoms with Crippen LogP contribution in [0.1, 0.15) is 5.69 Å². The summed E-state index contributed by atoms with van der Waals surface area (Å²) in [5.41, 5.74) is 11.1. The third kappa shape index (κ3) is 2.75. The molecule has 5 aromatic rings. The third-order valence-electron chi connectivity index (χ3n) is 4.90. The number of pyridine rings is 2. The highest BCUT2D eigenvalue weighted by Gasteiger charge is 2.19. The first-order valence-corrected chi connectivity index (χ1v) is 9.30. The van der Waals surface area contributed by atoms with E-state index in [0.717, 1.165) is 11.2 Å². The molecule has 7 nitrogen and oxygen atoms in total. The number of fused-ring (bicyclic) bond motifs is 2. The van der Waals surface area contributed by atoms with E-state index in [1.807, 2.05) is 31.2 Å². The van der Waals surface area contributed by atoms with Gasteiger partial charge in [-0.15, -0.1) is 5.10 Å². The number of aromatic nitrogens is 5. The number of halogens is 1. The minimum atomic E-state index is -0.262. The van der Waals surface area contributed by atoms with Gasteiger partial charge in [-0.05, 0) is 61.0 Å². The van der Waals surface area contributed by atoms with Gasteiger partial charge in [0.25, 0.3) is 5.56 Å². The lowest BCUT2D eigenvalue weighted by molar-refractivity contribution is 0.959. The van der Waals surface area contributed by atoms with Crippen molar-refractivity contribution in [2.24, 2.45) is 0 Å². The molecule has 0 saturated carbocycles. The zero-order chi connectivity index (χ0) is 20.1. The summed E-state index contributed by atoms with van der Waals surface area (Å²) >= 11 is 6.04. The maximum Gasteiger partial charge on any atom is 0.266 e. The number of hydrogen-bond acceptors (Lipinski definition) is 5. The lowest BCUT2D eigenvalue weighted by Crippen LogP contribution is -2.23. The highest BCUT2D eigenvalue weighted by Crippen LogP contribution is 2.31. The van der Waals surface area contributed by atoms with E-state index in [0.29, 0.717) is 44.1 Å². The lowest BCUT2D eigenvalue weighted by atomic mass is 10.0. The van der Waals surface area contributed by atoms with Gasteiger partial charge in [-0.2, -0.15) is 0 Å². The fraction of sp³-hybridized carbons (Fsp3) is 0.0476. The summed E-state index contributed by atoms with van der Waals surface area (Å²) in [6.07, 6.45) is 0. The number of anilines is 1. The molecule has 3 N–H and O–H groups in total. The van der Waals surface area contributed by atoms with Gasteiger partial charge in [-0.25, -0.2) is 4.98 Å². The minimum Gasteiger partial charge on any atom is -0.397 e. The fourth-order valence-electron chi connectivity index (χ4n) is 3.49. The summed E-state index contributed by atoms with van der Waals surface area (Å²) < 4.78 is 1.57. The molecule has 2 aromatic carbocycles. The van der Waals surface area contributed by atoms with Gasteiger partial charge in [0, 0.05) is 16.1 Å². The van der Waals surface area contributed by atoms with Crippen LogP contribution in [0.15, 0.2) is 59.4 Å². The van der Waals surface area contributed by atoms with Crippen molar-refractivity contribution in [2.45, 2.75) is 6.92 Å². The molecule has 0 bridgehead atoms. The molecule has 0 spiro atoms. The number of aryl methyl sites for hydroxylation is 1. The molecule has 3 heterocycles. The van der Waals surface area contributed by atoms with Crippen LogP contribution in [0.5, 0.6) is 0 Å². The molecule has 0 radical (unpaired) electrons. The number of nitrogens with two attached hydrogens (primary N) is 1. The van der Waals surface area contributed by atoms with Crippen molar-refractivity contribution in [3.05, 3.63) is 75.7 Å². The summed E-state index contributed by atoms with van der Waals surface area (Å²) in [5, 5.41) is 11.9. The van der Waals surface area contributed by atoms with Crippen molar-refractivity contribution in [2.75, 3.05) is 5.73 Å². The first-order valence-electron chi connectivity index (χ1n) is 8.92. The highest BCUT2D eigenvalue weighted by atomic mass is 35.5. The van der Waals surface area contributed by atoms with Crippen molar-refractivity contribution < 1.29 is 0 Å². The lowest BCUT2D eigenvalue weighted by Gasteiger charge is -2.16. The second kappa shape index (κ2) is 6.42. The molecule has 0 saturated heterocycles. The Bertz CT molecular complexity index is 1450. The van der Waals surface area contributed by atoms with Crippen LogP contribution in [0.4, 0.5) is 5.69 Å². The number of nitrogen functional groups attached to an aromatic ring is 1. The average Bonchev–Trinajstić information content (AvgIpc) is 3.17. The van der Waals surface area contributed by atoms with Gasteiger partial charge in [-0.1, -0.05) is 22.9 Å². The van der Waals surface area contributed by atoms with Crippen molar-refractivity contribution >= 4 is 39.4 Å². The zero-order valence-corrected chi connectivity index (χ0v) is 16.1. The Kier molecular flexibility index (Phi) is 3.85. The number of rotatable bonds is 2. The third-order valence-corrected chi connectivity index (χ3v) is 5.15. The van der Waals surface area contributed by atoms with Crippen LogP contribution in [0.3, 0.4) is 0 Å². The molecule has 0 fully saturated rings. The molecule has 0 aliphatic carbocycles. The Morgan fingerprint density at radius 3 is 2.66 bits per heavy atom. The number of nitrogens with one attached hydrogen (secondary N) is 1. The van der Waals surface area contributed by atoms with Gasteiger partial charge < -0.3 is 5.73 Å². The standard InChI is InChI=1S/C21H15ClN6O/c1-11-2-8-15-19(23)18(12-3-9-16-17(10-12)26-27-25-16)21(29)28(20(15)24-11)14-6-4-13(22)5-7-14/h2-10H,23H2,1H3,(H,25,26,27). The van der Waals surface area contributed by atoms with Gasteiger partial charge in [0.05, 0.1) is 22.5 Å². The molecule has 0 unspecified atom stereocenters. The molecule has 0 aliphatic heterocycles. The average molecular weight is 403 g/mol. The van der Waals surface area contributed by atoms with E-state index in [-0.39, 0.29) is 5.56 Å². The van der Waals surface area contributed by atoms with Crippen LogP contribution in [0.25, 0.3) is 38.9 Å². The van der Waals surface area contributed by atoms with E-state index in [1.54, 1.807) is 34.9 Å². The van der Waals surface area contributed by atoms with Crippen molar-refractivity contribution in [1.29, 1.82) is 0 Å². The molecule has 3 aromatic heterocycles. The molecule has 142 valence electrons. The minimum absolute atomic E-state index is 0.262.